The van der Waals surface area contributed by atoms with Crippen LogP contribution in [-0.4, -0.2) is 31.1 Å². The maximum absolute atomic E-state index is 12.3. The van der Waals surface area contributed by atoms with E-state index < -0.39 is 0 Å². The number of nitrogens with one attached hydrogen (secondary N) is 2. The summed E-state index contributed by atoms with van der Waals surface area (Å²) in [5.41, 5.74) is 1.90. The zero-order chi connectivity index (χ0) is 20.1. The normalized spacial score (nSPS) is 11.6. The molecule has 8 heteroatoms. The highest BCUT2D eigenvalue weighted by Crippen LogP contribution is 2.35. The predicted octanol–water partition coefficient (Wildman–Crippen LogP) is 2.76. The van der Waals surface area contributed by atoms with Crippen molar-refractivity contribution in [3.63, 3.8) is 0 Å². The number of carbonyl (C=O) groups is 3. The van der Waals surface area contributed by atoms with Crippen LogP contribution in [0.15, 0.2) is 42.5 Å². The number of rotatable bonds is 6. The average Bonchev–Trinajstić information content (AvgIpc) is 3.10. The van der Waals surface area contributed by atoms with Crippen LogP contribution in [0.5, 0.6) is 11.5 Å². The standard InChI is InChI=1S/C20H21N3O5/c1-13(24)21-15-3-5-16(6-4-15)22-20(26)9-10-23(14(2)25)17-7-8-18-19(11-17)28-12-27-18/h3-8,11H,9-10,12H2,1-2H3,(H,21,24)(H,22,26). The van der Waals surface area contributed by atoms with Gasteiger partial charge in [0.2, 0.25) is 24.5 Å². The lowest BCUT2D eigenvalue weighted by molar-refractivity contribution is -0.117. The van der Waals surface area contributed by atoms with Gasteiger partial charge >= 0.3 is 0 Å². The Balaban J connectivity index is 1.58. The summed E-state index contributed by atoms with van der Waals surface area (Å²) in [6.07, 6.45) is 0.126. The first-order chi connectivity index (χ1) is 13.4. The average molecular weight is 383 g/mol. The van der Waals surface area contributed by atoms with E-state index in [2.05, 4.69) is 10.6 Å². The molecule has 0 radical (unpaired) electrons. The van der Waals surface area contributed by atoms with Gasteiger partial charge in [-0.1, -0.05) is 0 Å². The first kappa shape index (κ1) is 19.2. The van der Waals surface area contributed by atoms with Crippen LogP contribution in [0.1, 0.15) is 20.3 Å². The Bertz CT molecular complexity index is 895. The molecule has 146 valence electrons. The van der Waals surface area contributed by atoms with Gasteiger partial charge in [-0.05, 0) is 36.4 Å². The molecule has 1 aliphatic rings. The van der Waals surface area contributed by atoms with Gasteiger partial charge in [0.05, 0.1) is 0 Å². The Hall–Kier alpha value is -3.55. The Morgan fingerprint density at radius 3 is 2.21 bits per heavy atom. The molecule has 2 aromatic rings. The van der Waals surface area contributed by atoms with Crippen molar-refractivity contribution in [2.24, 2.45) is 0 Å². The Labute approximate surface area is 162 Å². The third kappa shape index (κ3) is 4.79. The van der Waals surface area contributed by atoms with Gasteiger partial charge in [0.25, 0.3) is 0 Å². The Morgan fingerprint density at radius 2 is 1.57 bits per heavy atom. The number of fused-ring (bicyclic) bond motifs is 1. The summed E-state index contributed by atoms with van der Waals surface area (Å²) in [6, 6.07) is 12.0. The predicted molar refractivity (Wildman–Crippen MR) is 105 cm³/mol. The molecule has 0 fully saturated rings. The van der Waals surface area contributed by atoms with Crippen LogP contribution >= 0.6 is 0 Å². The van der Waals surface area contributed by atoms with Crippen molar-refractivity contribution in [1.29, 1.82) is 0 Å². The smallest absolute Gasteiger partial charge is 0.231 e. The molecule has 0 atom stereocenters. The summed E-state index contributed by atoms with van der Waals surface area (Å²) in [7, 11) is 0. The van der Waals surface area contributed by atoms with Crippen molar-refractivity contribution >= 4 is 34.8 Å². The molecule has 0 saturated heterocycles. The van der Waals surface area contributed by atoms with Crippen molar-refractivity contribution < 1.29 is 23.9 Å². The van der Waals surface area contributed by atoms with Gasteiger partial charge in [-0.25, -0.2) is 0 Å². The van der Waals surface area contributed by atoms with E-state index in [1.165, 1.54) is 18.7 Å². The summed E-state index contributed by atoms with van der Waals surface area (Å²) in [5, 5.41) is 5.43. The van der Waals surface area contributed by atoms with Crippen molar-refractivity contribution in [1.82, 2.24) is 0 Å². The quantitative estimate of drug-likeness (QED) is 0.799. The lowest BCUT2D eigenvalue weighted by Gasteiger charge is -2.21. The van der Waals surface area contributed by atoms with Gasteiger partial charge in [-0.3, -0.25) is 14.4 Å². The second kappa shape index (κ2) is 8.43. The summed E-state index contributed by atoms with van der Waals surface area (Å²) in [4.78, 5) is 36.8. The van der Waals surface area contributed by atoms with E-state index in [4.69, 9.17) is 9.47 Å². The number of hydrogen-bond donors (Lipinski definition) is 2. The zero-order valence-corrected chi connectivity index (χ0v) is 15.7. The molecule has 2 aromatic carbocycles. The molecule has 0 unspecified atom stereocenters. The maximum atomic E-state index is 12.3. The molecule has 1 heterocycles. The van der Waals surface area contributed by atoms with Crippen LogP contribution in [-0.2, 0) is 14.4 Å². The van der Waals surface area contributed by atoms with E-state index in [-0.39, 0.29) is 37.5 Å². The fraction of sp³-hybridized carbons (Fsp3) is 0.250. The number of carbonyl (C=O) groups excluding carboxylic acids is 3. The van der Waals surface area contributed by atoms with E-state index in [0.717, 1.165) is 0 Å². The summed E-state index contributed by atoms with van der Waals surface area (Å²) < 4.78 is 10.6. The molecular weight excluding hydrogens is 362 g/mol. The van der Waals surface area contributed by atoms with E-state index >= 15 is 0 Å². The van der Waals surface area contributed by atoms with E-state index in [1.807, 2.05) is 0 Å². The topological polar surface area (TPSA) is 97.0 Å². The van der Waals surface area contributed by atoms with Gasteiger partial charge in [0, 0.05) is 49.9 Å². The van der Waals surface area contributed by atoms with Gasteiger partial charge in [0.15, 0.2) is 11.5 Å². The lowest BCUT2D eigenvalue weighted by atomic mass is 10.2. The van der Waals surface area contributed by atoms with Crippen LogP contribution in [0.2, 0.25) is 0 Å². The molecule has 0 aromatic heterocycles. The molecule has 3 amide bonds. The molecular formula is C20H21N3O5. The minimum absolute atomic E-state index is 0.126. The fourth-order valence-corrected chi connectivity index (χ4v) is 2.80. The van der Waals surface area contributed by atoms with E-state index in [9.17, 15) is 14.4 Å². The Kier molecular flexibility index (Phi) is 5.78. The van der Waals surface area contributed by atoms with Crippen molar-refractivity contribution in [3.8, 4) is 11.5 Å². The lowest BCUT2D eigenvalue weighted by Crippen LogP contribution is -2.31. The molecule has 0 bridgehead atoms. The SMILES string of the molecule is CC(=O)Nc1ccc(NC(=O)CCN(C(C)=O)c2ccc3c(c2)OCO3)cc1. The van der Waals surface area contributed by atoms with Gasteiger partial charge < -0.3 is 25.0 Å². The van der Waals surface area contributed by atoms with Crippen LogP contribution in [0.25, 0.3) is 0 Å². The number of anilines is 3. The molecule has 2 N–H and O–H groups in total. The van der Waals surface area contributed by atoms with Crippen molar-refractivity contribution in [3.05, 3.63) is 42.5 Å². The summed E-state index contributed by atoms with van der Waals surface area (Å²) in [5.74, 6) is 0.649. The summed E-state index contributed by atoms with van der Waals surface area (Å²) >= 11 is 0. The number of benzene rings is 2. The highest BCUT2D eigenvalue weighted by atomic mass is 16.7. The maximum Gasteiger partial charge on any atom is 0.231 e. The third-order valence-electron chi connectivity index (χ3n) is 4.10. The Morgan fingerprint density at radius 1 is 0.929 bits per heavy atom. The molecule has 0 saturated carbocycles. The zero-order valence-electron chi connectivity index (χ0n) is 15.7. The largest absolute Gasteiger partial charge is 0.454 e. The fourth-order valence-electron chi connectivity index (χ4n) is 2.80. The molecule has 3 rings (SSSR count). The molecule has 8 nitrogen and oxygen atoms in total. The second-order valence-corrected chi connectivity index (χ2v) is 6.26. The molecule has 0 aliphatic carbocycles. The second-order valence-electron chi connectivity index (χ2n) is 6.26. The number of amides is 3. The minimum Gasteiger partial charge on any atom is -0.454 e. The molecule has 0 spiro atoms. The number of ether oxygens (including phenoxy) is 2. The van der Waals surface area contributed by atoms with Crippen LogP contribution in [0, 0.1) is 0 Å². The first-order valence-corrected chi connectivity index (χ1v) is 8.77. The molecule has 1 aliphatic heterocycles. The van der Waals surface area contributed by atoms with Crippen LogP contribution < -0.4 is 25.0 Å². The van der Waals surface area contributed by atoms with Crippen molar-refractivity contribution in [2.45, 2.75) is 20.3 Å². The van der Waals surface area contributed by atoms with Crippen LogP contribution in [0.4, 0.5) is 17.1 Å². The van der Waals surface area contributed by atoms with Crippen molar-refractivity contribution in [2.75, 3.05) is 28.9 Å². The number of nitrogens with zero attached hydrogens (tertiary/aromatic N) is 1. The highest BCUT2D eigenvalue weighted by molar-refractivity contribution is 5.95. The minimum atomic E-state index is -0.223. The first-order valence-electron chi connectivity index (χ1n) is 8.77. The third-order valence-corrected chi connectivity index (χ3v) is 4.10. The number of hydrogen-bond acceptors (Lipinski definition) is 5. The van der Waals surface area contributed by atoms with Gasteiger partial charge in [-0.15, -0.1) is 0 Å². The van der Waals surface area contributed by atoms with Crippen LogP contribution in [0.3, 0.4) is 0 Å². The highest BCUT2D eigenvalue weighted by Gasteiger charge is 2.19. The van der Waals surface area contributed by atoms with E-state index in [0.29, 0.717) is 28.6 Å². The van der Waals surface area contributed by atoms with Gasteiger partial charge in [-0.2, -0.15) is 0 Å². The van der Waals surface area contributed by atoms with Gasteiger partial charge in [0.1, 0.15) is 0 Å². The van der Waals surface area contributed by atoms with E-state index in [1.54, 1.807) is 42.5 Å². The summed E-state index contributed by atoms with van der Waals surface area (Å²) in [6.45, 7) is 3.26. The molecule has 28 heavy (non-hydrogen) atoms. The monoisotopic (exact) mass is 383 g/mol.